The van der Waals surface area contributed by atoms with E-state index in [-0.39, 0.29) is 17.1 Å². The standard InChI is InChI=1S/C12H12N2O7/c1-7(15)20-12-10(14(17)18)4-9(5-11(12)19-3)6-13-21-8(2)16/h4-6H,1-3H3. The number of carbonyl (C=O) groups is 2. The van der Waals surface area contributed by atoms with E-state index in [1.165, 1.54) is 13.2 Å². The van der Waals surface area contributed by atoms with Crippen LogP contribution in [-0.4, -0.2) is 30.2 Å². The first-order chi connectivity index (χ1) is 9.85. The Hall–Kier alpha value is -2.97. The number of oxime groups is 1. The molecule has 0 atom stereocenters. The Labute approximate surface area is 119 Å². The van der Waals surface area contributed by atoms with Gasteiger partial charge in [-0.1, -0.05) is 5.16 Å². The zero-order valence-electron chi connectivity index (χ0n) is 11.5. The van der Waals surface area contributed by atoms with Crippen LogP contribution in [0.25, 0.3) is 0 Å². The van der Waals surface area contributed by atoms with E-state index in [1.807, 2.05) is 0 Å². The third kappa shape index (κ3) is 4.56. The van der Waals surface area contributed by atoms with Gasteiger partial charge in [-0.05, 0) is 6.07 Å². The van der Waals surface area contributed by atoms with Gasteiger partial charge in [0.25, 0.3) is 0 Å². The molecule has 112 valence electrons. The van der Waals surface area contributed by atoms with Crippen LogP contribution in [0.2, 0.25) is 0 Å². The number of hydrogen-bond donors (Lipinski definition) is 0. The number of carbonyl (C=O) groups excluding carboxylic acids is 2. The van der Waals surface area contributed by atoms with Gasteiger partial charge < -0.3 is 14.3 Å². The molecular formula is C12H12N2O7. The second kappa shape index (κ2) is 6.98. The number of ether oxygens (including phenoxy) is 2. The lowest BCUT2D eigenvalue weighted by Gasteiger charge is -2.09. The highest BCUT2D eigenvalue weighted by molar-refractivity contribution is 5.84. The summed E-state index contributed by atoms with van der Waals surface area (Å²) in [5.74, 6) is -1.69. The summed E-state index contributed by atoms with van der Waals surface area (Å²) in [6.45, 7) is 2.27. The normalized spacial score (nSPS) is 10.2. The van der Waals surface area contributed by atoms with E-state index in [2.05, 4.69) is 9.99 Å². The Morgan fingerprint density at radius 2 is 1.95 bits per heavy atom. The van der Waals surface area contributed by atoms with Crippen molar-refractivity contribution in [1.82, 2.24) is 0 Å². The van der Waals surface area contributed by atoms with Gasteiger partial charge in [-0.15, -0.1) is 0 Å². The maximum atomic E-state index is 11.0. The molecule has 1 rings (SSSR count). The summed E-state index contributed by atoms with van der Waals surface area (Å²) in [5.41, 5.74) is -0.246. The van der Waals surface area contributed by atoms with E-state index in [4.69, 9.17) is 9.47 Å². The molecule has 9 nitrogen and oxygen atoms in total. The largest absolute Gasteiger partial charge is 0.493 e. The van der Waals surface area contributed by atoms with Crippen molar-refractivity contribution < 1.29 is 28.8 Å². The van der Waals surface area contributed by atoms with Gasteiger partial charge in [-0.25, -0.2) is 4.79 Å². The number of methoxy groups -OCH3 is 1. The highest BCUT2D eigenvalue weighted by atomic mass is 16.7. The maximum Gasteiger partial charge on any atom is 0.331 e. The first-order valence-corrected chi connectivity index (χ1v) is 5.61. The molecular weight excluding hydrogens is 284 g/mol. The summed E-state index contributed by atoms with van der Waals surface area (Å²) in [7, 11) is 1.26. The van der Waals surface area contributed by atoms with E-state index in [0.29, 0.717) is 0 Å². The summed E-state index contributed by atoms with van der Waals surface area (Å²) in [6.07, 6.45) is 1.09. The number of nitro groups is 1. The third-order valence-electron chi connectivity index (χ3n) is 2.10. The predicted molar refractivity (Wildman–Crippen MR) is 70.3 cm³/mol. The van der Waals surface area contributed by atoms with Crippen LogP contribution in [0.4, 0.5) is 5.69 Å². The molecule has 0 bridgehead atoms. The molecule has 0 fully saturated rings. The van der Waals surface area contributed by atoms with Crippen molar-refractivity contribution in [3.63, 3.8) is 0 Å². The van der Waals surface area contributed by atoms with Gasteiger partial charge in [0, 0.05) is 25.5 Å². The summed E-state index contributed by atoms with van der Waals surface area (Å²) >= 11 is 0. The molecule has 0 amide bonds. The van der Waals surface area contributed by atoms with Crippen LogP contribution in [0, 0.1) is 10.1 Å². The zero-order valence-corrected chi connectivity index (χ0v) is 11.5. The summed E-state index contributed by atoms with van der Waals surface area (Å²) in [4.78, 5) is 36.2. The highest BCUT2D eigenvalue weighted by Gasteiger charge is 2.23. The molecule has 0 saturated carbocycles. The third-order valence-corrected chi connectivity index (χ3v) is 2.10. The minimum absolute atomic E-state index is 0.0244. The van der Waals surface area contributed by atoms with Crippen LogP contribution in [-0.2, 0) is 14.4 Å². The van der Waals surface area contributed by atoms with E-state index in [9.17, 15) is 19.7 Å². The number of benzene rings is 1. The molecule has 0 radical (unpaired) electrons. The molecule has 1 aromatic rings. The number of rotatable bonds is 5. The molecule has 0 heterocycles. The lowest BCUT2D eigenvalue weighted by Crippen LogP contribution is -2.06. The lowest BCUT2D eigenvalue weighted by atomic mass is 10.2. The van der Waals surface area contributed by atoms with E-state index >= 15 is 0 Å². The van der Waals surface area contributed by atoms with Crippen LogP contribution >= 0.6 is 0 Å². The van der Waals surface area contributed by atoms with Crippen LogP contribution in [0.5, 0.6) is 11.5 Å². The van der Waals surface area contributed by atoms with Gasteiger partial charge in [0.1, 0.15) is 0 Å². The fourth-order valence-corrected chi connectivity index (χ4v) is 1.38. The Kier molecular flexibility index (Phi) is 5.35. The quantitative estimate of drug-likeness (QED) is 0.201. The average Bonchev–Trinajstić information content (AvgIpc) is 2.38. The number of nitrogens with zero attached hydrogens (tertiary/aromatic N) is 2. The van der Waals surface area contributed by atoms with Crippen molar-refractivity contribution in [2.24, 2.45) is 5.16 Å². The van der Waals surface area contributed by atoms with Gasteiger partial charge in [0.15, 0.2) is 5.75 Å². The van der Waals surface area contributed by atoms with Crippen molar-refractivity contribution in [1.29, 1.82) is 0 Å². The van der Waals surface area contributed by atoms with E-state index in [1.54, 1.807) is 0 Å². The Morgan fingerprint density at radius 1 is 1.29 bits per heavy atom. The van der Waals surface area contributed by atoms with Crippen molar-refractivity contribution >= 4 is 23.8 Å². The van der Waals surface area contributed by atoms with Crippen LogP contribution in [0.1, 0.15) is 19.4 Å². The summed E-state index contributed by atoms with van der Waals surface area (Å²) in [5, 5.41) is 14.4. The van der Waals surface area contributed by atoms with Crippen LogP contribution in [0.15, 0.2) is 17.3 Å². The lowest BCUT2D eigenvalue weighted by molar-refractivity contribution is -0.385. The number of hydrogen-bond acceptors (Lipinski definition) is 8. The molecule has 0 spiro atoms. The highest BCUT2D eigenvalue weighted by Crippen LogP contribution is 2.38. The molecule has 0 saturated heterocycles. The van der Waals surface area contributed by atoms with Gasteiger partial charge in [-0.2, -0.15) is 0 Å². The van der Waals surface area contributed by atoms with Gasteiger partial charge in [0.05, 0.1) is 18.2 Å². The predicted octanol–water partition coefficient (Wildman–Crippen LogP) is 1.43. The molecule has 1 aromatic carbocycles. The minimum atomic E-state index is -0.732. The zero-order chi connectivity index (χ0) is 16.0. The first-order valence-electron chi connectivity index (χ1n) is 5.61. The Morgan fingerprint density at radius 3 is 2.43 bits per heavy atom. The van der Waals surface area contributed by atoms with Crippen LogP contribution < -0.4 is 9.47 Å². The van der Waals surface area contributed by atoms with Gasteiger partial charge in [-0.3, -0.25) is 14.9 Å². The molecule has 0 unspecified atom stereocenters. The monoisotopic (exact) mass is 296 g/mol. The molecule has 0 aliphatic carbocycles. The van der Waals surface area contributed by atoms with Gasteiger partial charge in [0.2, 0.25) is 5.75 Å². The topological polar surface area (TPSA) is 117 Å². The van der Waals surface area contributed by atoms with E-state index in [0.717, 1.165) is 26.1 Å². The summed E-state index contributed by atoms with van der Waals surface area (Å²) < 4.78 is 9.74. The SMILES string of the molecule is COc1cc(C=NOC(C)=O)cc([N+](=O)[O-])c1OC(C)=O. The fourth-order valence-electron chi connectivity index (χ4n) is 1.38. The Balaban J connectivity index is 3.29. The van der Waals surface area contributed by atoms with Crippen molar-refractivity contribution in [2.75, 3.05) is 7.11 Å². The maximum absolute atomic E-state index is 11.0. The average molecular weight is 296 g/mol. The second-order valence-corrected chi connectivity index (χ2v) is 3.74. The molecule has 0 aromatic heterocycles. The molecule has 0 N–H and O–H groups in total. The van der Waals surface area contributed by atoms with Gasteiger partial charge >= 0.3 is 17.6 Å². The minimum Gasteiger partial charge on any atom is -0.493 e. The molecule has 0 aliphatic rings. The second-order valence-electron chi connectivity index (χ2n) is 3.74. The van der Waals surface area contributed by atoms with Crippen molar-refractivity contribution in [2.45, 2.75) is 13.8 Å². The number of esters is 1. The summed E-state index contributed by atoms with van der Waals surface area (Å²) in [6, 6.07) is 2.45. The smallest absolute Gasteiger partial charge is 0.331 e. The Bertz CT molecular complexity index is 610. The van der Waals surface area contributed by atoms with E-state index < -0.39 is 22.5 Å². The van der Waals surface area contributed by atoms with Crippen LogP contribution in [0.3, 0.4) is 0 Å². The molecule has 21 heavy (non-hydrogen) atoms. The number of nitro benzene ring substituents is 1. The molecule has 9 heteroatoms. The van der Waals surface area contributed by atoms with Crippen molar-refractivity contribution in [3.05, 3.63) is 27.8 Å². The fraction of sp³-hybridized carbons (Fsp3) is 0.250. The van der Waals surface area contributed by atoms with Crippen molar-refractivity contribution in [3.8, 4) is 11.5 Å². The molecule has 0 aliphatic heterocycles. The first kappa shape index (κ1) is 16.1.